The number of aliphatic carboxylic acids is 1. The minimum atomic E-state index is -0.824. The van der Waals surface area contributed by atoms with Crippen LogP contribution < -0.4 is 10.1 Å². The van der Waals surface area contributed by atoms with Crippen molar-refractivity contribution in [3.8, 4) is 5.75 Å². The molecule has 104 valence electrons. The summed E-state index contributed by atoms with van der Waals surface area (Å²) >= 11 is 0. The Bertz CT molecular complexity index is 596. The first-order valence-corrected chi connectivity index (χ1v) is 6.36. The Labute approximate surface area is 118 Å². The summed E-state index contributed by atoms with van der Waals surface area (Å²) in [5, 5.41) is 12.2. The van der Waals surface area contributed by atoms with Gasteiger partial charge in [0, 0.05) is 6.54 Å². The molecular weight excluding hydrogens is 254 g/mol. The van der Waals surface area contributed by atoms with Gasteiger partial charge in [-0.2, -0.15) is 0 Å². The van der Waals surface area contributed by atoms with Gasteiger partial charge in [-0.3, -0.25) is 4.79 Å². The highest BCUT2D eigenvalue weighted by Crippen LogP contribution is 2.24. The van der Waals surface area contributed by atoms with E-state index >= 15 is 0 Å². The lowest BCUT2D eigenvalue weighted by Gasteiger charge is -2.13. The summed E-state index contributed by atoms with van der Waals surface area (Å²) in [6.45, 7) is 0.559. The van der Waals surface area contributed by atoms with Crippen molar-refractivity contribution in [1.82, 2.24) is 0 Å². The van der Waals surface area contributed by atoms with Crippen LogP contribution in [0.1, 0.15) is 11.1 Å². The molecule has 4 nitrogen and oxygen atoms in total. The first kappa shape index (κ1) is 13.9. The third-order valence-corrected chi connectivity index (χ3v) is 3.04. The van der Waals surface area contributed by atoms with Crippen LogP contribution in [0.2, 0.25) is 0 Å². The summed E-state index contributed by atoms with van der Waals surface area (Å²) in [4.78, 5) is 10.9. The van der Waals surface area contributed by atoms with Crippen molar-refractivity contribution in [2.24, 2.45) is 0 Å². The van der Waals surface area contributed by atoms with Crippen LogP contribution in [0.4, 0.5) is 5.69 Å². The first-order valence-electron chi connectivity index (χ1n) is 6.36. The van der Waals surface area contributed by atoms with E-state index in [0.29, 0.717) is 6.54 Å². The number of ether oxygens (including phenoxy) is 1. The Morgan fingerprint density at radius 3 is 2.45 bits per heavy atom. The molecule has 0 saturated heterocycles. The van der Waals surface area contributed by atoms with E-state index in [1.165, 1.54) is 0 Å². The number of benzene rings is 2. The Balaban J connectivity index is 2.12. The molecule has 0 radical (unpaired) electrons. The molecule has 0 bridgehead atoms. The van der Waals surface area contributed by atoms with E-state index in [0.717, 1.165) is 22.6 Å². The van der Waals surface area contributed by atoms with Crippen molar-refractivity contribution in [1.29, 1.82) is 0 Å². The third-order valence-electron chi connectivity index (χ3n) is 3.04. The molecule has 0 aliphatic carbocycles. The van der Waals surface area contributed by atoms with Crippen LogP contribution in [-0.2, 0) is 17.8 Å². The summed E-state index contributed by atoms with van der Waals surface area (Å²) in [6, 6.07) is 15.2. The maximum absolute atomic E-state index is 10.9. The largest absolute Gasteiger partial charge is 0.495 e. The van der Waals surface area contributed by atoms with Gasteiger partial charge in [0.25, 0.3) is 0 Å². The minimum absolute atomic E-state index is 0.0315. The SMILES string of the molecule is COc1ccccc1NCc1ccccc1CC(=O)O. The van der Waals surface area contributed by atoms with Crippen molar-refractivity contribution in [2.45, 2.75) is 13.0 Å². The summed E-state index contributed by atoms with van der Waals surface area (Å²) < 4.78 is 5.27. The lowest BCUT2D eigenvalue weighted by atomic mass is 10.0. The normalized spacial score (nSPS) is 10.1. The number of carboxylic acids is 1. The molecule has 2 aromatic carbocycles. The number of rotatable bonds is 6. The second-order valence-electron chi connectivity index (χ2n) is 4.39. The molecule has 2 aromatic rings. The van der Waals surface area contributed by atoms with Gasteiger partial charge in [0.05, 0.1) is 19.2 Å². The molecule has 4 heteroatoms. The highest BCUT2D eigenvalue weighted by molar-refractivity contribution is 5.70. The monoisotopic (exact) mass is 271 g/mol. The number of carbonyl (C=O) groups is 1. The van der Waals surface area contributed by atoms with E-state index in [1.54, 1.807) is 7.11 Å². The lowest BCUT2D eigenvalue weighted by molar-refractivity contribution is -0.136. The number of methoxy groups -OCH3 is 1. The number of hydrogen-bond donors (Lipinski definition) is 2. The van der Waals surface area contributed by atoms with Gasteiger partial charge in [0.1, 0.15) is 5.75 Å². The minimum Gasteiger partial charge on any atom is -0.495 e. The lowest BCUT2D eigenvalue weighted by Crippen LogP contribution is -2.07. The van der Waals surface area contributed by atoms with Crippen molar-refractivity contribution < 1.29 is 14.6 Å². The number of para-hydroxylation sites is 2. The second kappa shape index (κ2) is 6.61. The number of carboxylic acid groups (broad SMARTS) is 1. The van der Waals surface area contributed by atoms with Crippen molar-refractivity contribution in [3.63, 3.8) is 0 Å². The molecule has 0 heterocycles. The smallest absolute Gasteiger partial charge is 0.307 e. The number of nitrogens with one attached hydrogen (secondary N) is 1. The zero-order chi connectivity index (χ0) is 14.4. The summed E-state index contributed by atoms with van der Waals surface area (Å²) in [5.74, 6) is -0.0574. The fraction of sp³-hybridized carbons (Fsp3) is 0.188. The molecule has 0 fully saturated rings. The van der Waals surface area contributed by atoms with Crippen LogP contribution in [0.5, 0.6) is 5.75 Å². The molecule has 0 spiro atoms. The van der Waals surface area contributed by atoms with Crippen LogP contribution in [-0.4, -0.2) is 18.2 Å². The summed E-state index contributed by atoms with van der Waals surface area (Å²) in [5.41, 5.74) is 2.68. The van der Waals surface area contributed by atoms with E-state index in [-0.39, 0.29) is 6.42 Å². The maximum Gasteiger partial charge on any atom is 0.307 e. The van der Waals surface area contributed by atoms with Crippen LogP contribution in [0.3, 0.4) is 0 Å². The predicted molar refractivity (Wildman–Crippen MR) is 78.1 cm³/mol. The molecule has 0 amide bonds. The second-order valence-corrected chi connectivity index (χ2v) is 4.39. The van der Waals surface area contributed by atoms with E-state index in [2.05, 4.69) is 5.32 Å². The Hall–Kier alpha value is -2.49. The molecule has 2 rings (SSSR count). The highest BCUT2D eigenvalue weighted by atomic mass is 16.5. The van der Waals surface area contributed by atoms with E-state index < -0.39 is 5.97 Å². The molecule has 0 aliphatic rings. The average Bonchev–Trinajstić information content (AvgIpc) is 2.46. The van der Waals surface area contributed by atoms with Gasteiger partial charge in [-0.1, -0.05) is 36.4 Å². The molecule has 20 heavy (non-hydrogen) atoms. The van der Waals surface area contributed by atoms with E-state index in [1.807, 2.05) is 48.5 Å². The van der Waals surface area contributed by atoms with Crippen LogP contribution in [0.15, 0.2) is 48.5 Å². The van der Waals surface area contributed by atoms with Gasteiger partial charge in [0.2, 0.25) is 0 Å². The molecular formula is C16H17NO3. The molecule has 0 aliphatic heterocycles. The summed E-state index contributed by atoms with van der Waals surface area (Å²) in [7, 11) is 1.62. The Morgan fingerprint density at radius 2 is 1.75 bits per heavy atom. The third kappa shape index (κ3) is 3.51. The standard InChI is InChI=1S/C16H17NO3/c1-20-15-9-5-4-8-14(15)17-11-13-7-3-2-6-12(13)10-16(18)19/h2-9,17H,10-11H2,1H3,(H,18,19). The zero-order valence-electron chi connectivity index (χ0n) is 11.3. The fourth-order valence-corrected chi connectivity index (χ4v) is 2.05. The van der Waals surface area contributed by atoms with Crippen molar-refractivity contribution >= 4 is 11.7 Å². The zero-order valence-corrected chi connectivity index (χ0v) is 11.3. The Kier molecular flexibility index (Phi) is 4.60. The van der Waals surface area contributed by atoms with Gasteiger partial charge >= 0.3 is 5.97 Å². The predicted octanol–water partition coefficient (Wildman–Crippen LogP) is 2.93. The van der Waals surface area contributed by atoms with Gasteiger partial charge in [0.15, 0.2) is 0 Å². The molecule has 0 saturated carbocycles. The van der Waals surface area contributed by atoms with Gasteiger partial charge < -0.3 is 15.2 Å². The van der Waals surface area contributed by atoms with Gasteiger partial charge in [-0.15, -0.1) is 0 Å². The van der Waals surface area contributed by atoms with Gasteiger partial charge in [-0.05, 0) is 23.3 Å². The topological polar surface area (TPSA) is 58.6 Å². The maximum atomic E-state index is 10.9. The number of anilines is 1. The quantitative estimate of drug-likeness (QED) is 0.848. The molecule has 0 aromatic heterocycles. The van der Waals surface area contributed by atoms with Crippen molar-refractivity contribution in [2.75, 3.05) is 12.4 Å². The van der Waals surface area contributed by atoms with Crippen molar-refractivity contribution in [3.05, 3.63) is 59.7 Å². The highest BCUT2D eigenvalue weighted by Gasteiger charge is 2.07. The molecule has 0 unspecified atom stereocenters. The van der Waals surface area contributed by atoms with Crippen LogP contribution >= 0.6 is 0 Å². The summed E-state index contributed by atoms with van der Waals surface area (Å²) in [6.07, 6.45) is 0.0315. The van der Waals surface area contributed by atoms with Gasteiger partial charge in [-0.25, -0.2) is 0 Å². The fourth-order valence-electron chi connectivity index (χ4n) is 2.05. The first-order chi connectivity index (χ1) is 9.70. The molecule has 2 N–H and O–H groups in total. The van der Waals surface area contributed by atoms with E-state index in [9.17, 15) is 4.79 Å². The van der Waals surface area contributed by atoms with Crippen LogP contribution in [0, 0.1) is 0 Å². The van der Waals surface area contributed by atoms with E-state index in [4.69, 9.17) is 9.84 Å². The average molecular weight is 271 g/mol. The Morgan fingerprint density at radius 1 is 1.10 bits per heavy atom. The number of hydrogen-bond acceptors (Lipinski definition) is 3. The molecule has 0 atom stereocenters. The van der Waals surface area contributed by atoms with Crippen LogP contribution in [0.25, 0.3) is 0 Å².